The lowest BCUT2D eigenvalue weighted by Gasteiger charge is -2.43. The molecule has 2 saturated carbocycles. The minimum Gasteiger partial charge on any atom is -0.347 e. The normalized spacial score (nSPS) is 23.3. The summed E-state index contributed by atoms with van der Waals surface area (Å²) in [6.45, 7) is 11.4. The highest BCUT2D eigenvalue weighted by Gasteiger charge is 2.47. The van der Waals surface area contributed by atoms with Gasteiger partial charge in [-0.1, -0.05) is 60.3 Å². The van der Waals surface area contributed by atoms with Crippen LogP contribution < -0.4 is 21.3 Å². The van der Waals surface area contributed by atoms with E-state index in [9.17, 15) is 28.8 Å². The first kappa shape index (κ1) is 36.7. The summed E-state index contributed by atoms with van der Waals surface area (Å²) in [5.41, 5.74) is -0.846. The Balaban J connectivity index is 1.49. The van der Waals surface area contributed by atoms with Gasteiger partial charge in [-0.15, -0.1) is 0 Å². The summed E-state index contributed by atoms with van der Waals surface area (Å²) in [5.74, 6) is -1.98. The van der Waals surface area contributed by atoms with Crippen LogP contribution in [0.3, 0.4) is 0 Å². The molecule has 2 saturated heterocycles. The fourth-order valence-corrected chi connectivity index (χ4v) is 7.26. The molecule has 264 valence electrons. The summed E-state index contributed by atoms with van der Waals surface area (Å²) in [6.07, 6.45) is 10.5. The zero-order chi connectivity index (χ0) is 34.4. The number of urea groups is 1. The molecule has 0 radical (unpaired) electrons. The van der Waals surface area contributed by atoms with Gasteiger partial charge in [-0.25, -0.2) is 4.79 Å². The van der Waals surface area contributed by atoms with Crippen molar-refractivity contribution in [2.75, 3.05) is 19.6 Å². The second kappa shape index (κ2) is 15.8. The highest BCUT2D eigenvalue weighted by Crippen LogP contribution is 2.40. The van der Waals surface area contributed by atoms with Crippen molar-refractivity contribution in [3.63, 3.8) is 0 Å². The molecule has 4 N–H and O–H groups in total. The molecule has 0 aromatic carbocycles. The van der Waals surface area contributed by atoms with E-state index in [1.807, 2.05) is 39.5 Å². The first-order chi connectivity index (χ1) is 22.2. The molecule has 0 aromatic heterocycles. The molecule has 6 amide bonds. The molecule has 0 aromatic rings. The van der Waals surface area contributed by atoms with Crippen LogP contribution in [-0.4, -0.2) is 95.1 Å². The van der Waals surface area contributed by atoms with Crippen LogP contribution >= 0.6 is 0 Å². The number of carbonyl (C=O) groups excluding carboxylic acids is 6. The number of Topliss-reactive ketones (excluding diaryl/α,β-unsaturated/α-hetero) is 1. The highest BCUT2D eigenvalue weighted by molar-refractivity contribution is 6.38. The van der Waals surface area contributed by atoms with E-state index in [1.54, 1.807) is 4.90 Å². The number of ketones is 1. The number of nitrogens with one attached hydrogen (secondary N) is 4. The Morgan fingerprint density at radius 1 is 0.894 bits per heavy atom. The highest BCUT2D eigenvalue weighted by atomic mass is 16.2. The van der Waals surface area contributed by atoms with Gasteiger partial charge in [0.25, 0.3) is 5.91 Å². The third-order valence-corrected chi connectivity index (χ3v) is 10.6. The van der Waals surface area contributed by atoms with Gasteiger partial charge in [0.2, 0.25) is 23.5 Å². The largest absolute Gasteiger partial charge is 0.347 e. The maximum atomic E-state index is 14.4. The molecule has 12 heteroatoms. The van der Waals surface area contributed by atoms with E-state index in [-0.39, 0.29) is 29.3 Å². The van der Waals surface area contributed by atoms with Gasteiger partial charge in [-0.05, 0) is 68.6 Å². The molecule has 4 fully saturated rings. The van der Waals surface area contributed by atoms with Crippen LogP contribution in [0, 0.1) is 10.8 Å². The van der Waals surface area contributed by atoms with E-state index in [1.165, 1.54) is 0 Å². The van der Waals surface area contributed by atoms with Crippen molar-refractivity contribution in [1.82, 2.24) is 31.1 Å². The smallest absolute Gasteiger partial charge is 0.315 e. The lowest BCUT2D eigenvalue weighted by atomic mass is 9.70. The van der Waals surface area contributed by atoms with E-state index in [0.29, 0.717) is 51.7 Å². The Bertz CT molecular complexity index is 1170. The van der Waals surface area contributed by atoms with Gasteiger partial charge < -0.3 is 31.1 Å². The molecule has 4 aliphatic rings. The quantitative estimate of drug-likeness (QED) is 0.223. The molecule has 4 rings (SSSR count). The standard InChI is InChI=1S/C35H58N6O6/c1-6-13-24(28(43)31(45)36-23-16-17-23)37-30(44)25-14-12-21-41(25)32(46)29(35(5)18-9-7-10-19-35)39-33(47)38-26(34(2,3)4)22-40-20-11-8-15-27(40)42/h23-26,29H,6-22H2,1-5H3,(H,36,45)(H,37,44)(H2,38,39,47)/t24?,25-,26+,29+/m0/s1. The molecule has 0 bridgehead atoms. The van der Waals surface area contributed by atoms with Crippen LogP contribution in [0.5, 0.6) is 0 Å². The molecule has 1 unspecified atom stereocenters. The summed E-state index contributed by atoms with van der Waals surface area (Å²) >= 11 is 0. The molecule has 2 aliphatic carbocycles. The van der Waals surface area contributed by atoms with Crippen LogP contribution in [-0.2, 0) is 24.0 Å². The maximum Gasteiger partial charge on any atom is 0.315 e. The van der Waals surface area contributed by atoms with Gasteiger partial charge in [-0.2, -0.15) is 0 Å². The van der Waals surface area contributed by atoms with Crippen LogP contribution in [0.2, 0.25) is 0 Å². The first-order valence-corrected chi connectivity index (χ1v) is 18.0. The van der Waals surface area contributed by atoms with E-state index >= 15 is 0 Å². The molecular weight excluding hydrogens is 600 g/mol. The molecule has 0 spiro atoms. The SMILES string of the molecule is CCCC(NC(=O)[C@@H]1CCCN1C(=O)[C@@H](NC(=O)N[C@H](CN1CCCCC1=O)C(C)(C)C)C1(C)CCCCC1)C(=O)C(=O)NC1CC1. The third kappa shape index (κ3) is 9.69. The lowest BCUT2D eigenvalue weighted by Crippen LogP contribution is -2.63. The second-order valence-corrected chi connectivity index (χ2v) is 15.6. The van der Waals surface area contributed by atoms with Gasteiger partial charge in [0.15, 0.2) is 0 Å². The number of rotatable bonds is 13. The van der Waals surface area contributed by atoms with Gasteiger partial charge in [0, 0.05) is 32.1 Å². The minimum absolute atomic E-state index is 0.0288. The number of amides is 6. The molecule has 4 atom stereocenters. The zero-order valence-electron chi connectivity index (χ0n) is 29.3. The summed E-state index contributed by atoms with van der Waals surface area (Å²) in [5, 5.41) is 11.7. The first-order valence-electron chi connectivity index (χ1n) is 18.0. The Hall–Kier alpha value is -3.18. The van der Waals surface area contributed by atoms with Crippen LogP contribution in [0.4, 0.5) is 4.79 Å². The fourth-order valence-electron chi connectivity index (χ4n) is 7.26. The van der Waals surface area contributed by atoms with Crippen molar-refractivity contribution in [3.05, 3.63) is 0 Å². The minimum atomic E-state index is -0.958. The maximum absolute atomic E-state index is 14.4. The second-order valence-electron chi connectivity index (χ2n) is 15.6. The summed E-state index contributed by atoms with van der Waals surface area (Å²) in [7, 11) is 0. The van der Waals surface area contributed by atoms with Gasteiger partial charge in [-0.3, -0.25) is 24.0 Å². The predicted octanol–water partition coefficient (Wildman–Crippen LogP) is 3.18. The van der Waals surface area contributed by atoms with Gasteiger partial charge in [0.05, 0.1) is 12.1 Å². The number of piperidine rings is 1. The molecule has 12 nitrogen and oxygen atoms in total. The van der Waals surface area contributed by atoms with Gasteiger partial charge >= 0.3 is 6.03 Å². The lowest BCUT2D eigenvalue weighted by molar-refractivity contribution is -0.144. The third-order valence-electron chi connectivity index (χ3n) is 10.6. The molecule has 2 heterocycles. The number of carbonyl (C=O) groups is 6. The Labute approximate surface area is 280 Å². The summed E-state index contributed by atoms with van der Waals surface area (Å²) in [6, 6.07) is -3.38. The van der Waals surface area contributed by atoms with Crippen LogP contribution in [0.25, 0.3) is 0 Å². The average molecular weight is 659 g/mol. The number of likely N-dealkylation sites (tertiary alicyclic amines) is 2. The van der Waals surface area contributed by atoms with Crippen molar-refractivity contribution >= 4 is 35.4 Å². The predicted molar refractivity (Wildman–Crippen MR) is 178 cm³/mol. The van der Waals surface area contributed by atoms with Crippen LogP contribution in [0.15, 0.2) is 0 Å². The number of hydrogen-bond donors (Lipinski definition) is 4. The topological polar surface area (TPSA) is 157 Å². The fraction of sp³-hybridized carbons (Fsp3) is 0.829. The Morgan fingerprint density at radius 2 is 1.60 bits per heavy atom. The zero-order valence-corrected chi connectivity index (χ0v) is 29.3. The Morgan fingerprint density at radius 3 is 2.21 bits per heavy atom. The summed E-state index contributed by atoms with van der Waals surface area (Å²) < 4.78 is 0. The molecule has 47 heavy (non-hydrogen) atoms. The van der Waals surface area contributed by atoms with Crippen molar-refractivity contribution in [1.29, 1.82) is 0 Å². The van der Waals surface area contributed by atoms with Gasteiger partial charge in [0.1, 0.15) is 12.1 Å². The van der Waals surface area contributed by atoms with Crippen molar-refractivity contribution < 1.29 is 28.8 Å². The van der Waals surface area contributed by atoms with Crippen molar-refractivity contribution in [2.24, 2.45) is 10.8 Å². The van der Waals surface area contributed by atoms with E-state index in [2.05, 4.69) is 21.3 Å². The van der Waals surface area contributed by atoms with E-state index in [4.69, 9.17) is 0 Å². The van der Waals surface area contributed by atoms with E-state index in [0.717, 1.165) is 57.8 Å². The Kier molecular flexibility index (Phi) is 12.3. The number of hydrogen-bond acceptors (Lipinski definition) is 6. The summed E-state index contributed by atoms with van der Waals surface area (Å²) in [4.78, 5) is 83.3. The van der Waals surface area contributed by atoms with Crippen LogP contribution in [0.1, 0.15) is 125 Å². The molecule has 2 aliphatic heterocycles. The average Bonchev–Trinajstić information content (AvgIpc) is 3.69. The van der Waals surface area contributed by atoms with Crippen molar-refractivity contribution in [3.8, 4) is 0 Å². The van der Waals surface area contributed by atoms with Crippen molar-refractivity contribution in [2.45, 2.75) is 155 Å². The monoisotopic (exact) mass is 658 g/mol. The number of nitrogens with zero attached hydrogens (tertiary/aromatic N) is 2. The van der Waals surface area contributed by atoms with E-state index < -0.39 is 47.2 Å². The molecular formula is C35H58N6O6.